The standard InChI is InChI=1S/C19H28N4O/c1-15-19(16(2)23(21-15)10-11-24)13-20-12-17-8-9-22(14-17)18-6-4-3-5-7-18/h3-7,17,20,24H,8-14H2,1-2H3. The van der Waals surface area contributed by atoms with Crippen molar-refractivity contribution in [1.29, 1.82) is 0 Å². The Hall–Kier alpha value is -1.85. The van der Waals surface area contributed by atoms with Crippen LogP contribution in [-0.4, -0.2) is 41.1 Å². The zero-order chi connectivity index (χ0) is 16.9. The second-order valence-electron chi connectivity index (χ2n) is 6.66. The van der Waals surface area contributed by atoms with Crippen molar-refractivity contribution in [3.8, 4) is 0 Å². The summed E-state index contributed by atoms with van der Waals surface area (Å²) in [5, 5.41) is 17.2. The molecule has 0 aliphatic carbocycles. The van der Waals surface area contributed by atoms with E-state index in [0.29, 0.717) is 12.5 Å². The minimum atomic E-state index is 0.131. The normalized spacial score (nSPS) is 17.6. The summed E-state index contributed by atoms with van der Waals surface area (Å²) in [7, 11) is 0. The zero-order valence-electron chi connectivity index (χ0n) is 14.7. The van der Waals surface area contributed by atoms with E-state index < -0.39 is 0 Å². The minimum absolute atomic E-state index is 0.131. The van der Waals surface area contributed by atoms with E-state index in [2.05, 4.69) is 52.6 Å². The topological polar surface area (TPSA) is 53.3 Å². The van der Waals surface area contributed by atoms with E-state index in [1.807, 2.05) is 11.6 Å². The Kier molecular flexibility index (Phi) is 5.53. The molecule has 2 aromatic rings. The van der Waals surface area contributed by atoms with Gasteiger partial charge in [0.15, 0.2) is 0 Å². The predicted molar refractivity (Wildman–Crippen MR) is 97.3 cm³/mol. The van der Waals surface area contributed by atoms with Gasteiger partial charge < -0.3 is 15.3 Å². The number of aromatic nitrogens is 2. The van der Waals surface area contributed by atoms with Gasteiger partial charge >= 0.3 is 0 Å². The molecule has 5 nitrogen and oxygen atoms in total. The first kappa shape index (κ1) is 17.0. The summed E-state index contributed by atoms with van der Waals surface area (Å²) >= 11 is 0. The molecule has 1 unspecified atom stereocenters. The van der Waals surface area contributed by atoms with Gasteiger partial charge in [-0.2, -0.15) is 5.10 Å². The third kappa shape index (κ3) is 3.79. The molecular formula is C19H28N4O. The monoisotopic (exact) mass is 328 g/mol. The number of nitrogens with zero attached hydrogens (tertiary/aromatic N) is 3. The fourth-order valence-corrected chi connectivity index (χ4v) is 3.58. The van der Waals surface area contributed by atoms with Crippen LogP contribution in [0.4, 0.5) is 5.69 Å². The van der Waals surface area contributed by atoms with Gasteiger partial charge in [-0.05, 0) is 38.3 Å². The fourth-order valence-electron chi connectivity index (χ4n) is 3.58. The van der Waals surface area contributed by atoms with Crippen molar-refractivity contribution < 1.29 is 5.11 Å². The molecule has 1 fully saturated rings. The number of aliphatic hydroxyl groups is 1. The van der Waals surface area contributed by atoms with E-state index in [1.165, 1.54) is 17.7 Å². The number of nitrogens with one attached hydrogen (secondary N) is 1. The summed E-state index contributed by atoms with van der Waals surface area (Å²) in [5.41, 5.74) is 4.82. The summed E-state index contributed by atoms with van der Waals surface area (Å²) < 4.78 is 1.90. The molecule has 5 heteroatoms. The van der Waals surface area contributed by atoms with Crippen LogP contribution in [0, 0.1) is 19.8 Å². The summed E-state index contributed by atoms with van der Waals surface area (Å²) in [6, 6.07) is 10.7. The van der Waals surface area contributed by atoms with Crippen molar-refractivity contribution in [2.75, 3.05) is 31.1 Å². The Morgan fingerprint density at radius 1 is 1.25 bits per heavy atom. The van der Waals surface area contributed by atoms with Crippen LogP contribution in [0.5, 0.6) is 0 Å². The second kappa shape index (κ2) is 7.81. The van der Waals surface area contributed by atoms with Gasteiger partial charge in [-0.25, -0.2) is 0 Å². The lowest BCUT2D eigenvalue weighted by atomic mass is 10.1. The maximum absolute atomic E-state index is 9.10. The van der Waals surface area contributed by atoms with Gasteiger partial charge in [-0.1, -0.05) is 18.2 Å². The maximum Gasteiger partial charge on any atom is 0.0644 e. The quantitative estimate of drug-likeness (QED) is 0.817. The molecule has 0 bridgehead atoms. The Morgan fingerprint density at radius 2 is 2.04 bits per heavy atom. The number of anilines is 1. The van der Waals surface area contributed by atoms with Crippen molar-refractivity contribution in [1.82, 2.24) is 15.1 Å². The molecular weight excluding hydrogens is 300 g/mol. The van der Waals surface area contributed by atoms with E-state index in [0.717, 1.165) is 37.6 Å². The van der Waals surface area contributed by atoms with Crippen LogP contribution < -0.4 is 10.2 Å². The van der Waals surface area contributed by atoms with Gasteiger partial charge in [0.2, 0.25) is 0 Å². The first-order chi connectivity index (χ1) is 11.7. The largest absolute Gasteiger partial charge is 0.394 e. The van der Waals surface area contributed by atoms with Gasteiger partial charge in [0.25, 0.3) is 0 Å². The molecule has 1 aromatic carbocycles. The highest BCUT2D eigenvalue weighted by Crippen LogP contribution is 2.23. The molecule has 1 saturated heterocycles. The highest BCUT2D eigenvalue weighted by atomic mass is 16.3. The minimum Gasteiger partial charge on any atom is -0.394 e. The number of para-hydroxylation sites is 1. The van der Waals surface area contributed by atoms with E-state index in [9.17, 15) is 0 Å². The molecule has 24 heavy (non-hydrogen) atoms. The van der Waals surface area contributed by atoms with E-state index >= 15 is 0 Å². The van der Waals surface area contributed by atoms with Crippen molar-refractivity contribution in [2.45, 2.75) is 33.4 Å². The molecule has 0 radical (unpaired) electrons. The van der Waals surface area contributed by atoms with Crippen molar-refractivity contribution in [3.63, 3.8) is 0 Å². The van der Waals surface area contributed by atoms with Crippen molar-refractivity contribution in [3.05, 3.63) is 47.3 Å². The average Bonchev–Trinajstić information content (AvgIpc) is 3.16. The van der Waals surface area contributed by atoms with Crippen LogP contribution in [0.1, 0.15) is 23.4 Å². The van der Waals surface area contributed by atoms with Crippen LogP contribution >= 0.6 is 0 Å². The highest BCUT2D eigenvalue weighted by Gasteiger charge is 2.22. The zero-order valence-corrected chi connectivity index (χ0v) is 14.7. The molecule has 0 amide bonds. The summed E-state index contributed by atoms with van der Waals surface area (Å²) in [4.78, 5) is 2.47. The molecule has 130 valence electrons. The van der Waals surface area contributed by atoms with Crippen molar-refractivity contribution >= 4 is 5.69 Å². The Balaban J connectivity index is 1.49. The predicted octanol–water partition coefficient (Wildman–Crippen LogP) is 2.11. The third-order valence-corrected chi connectivity index (χ3v) is 4.99. The van der Waals surface area contributed by atoms with E-state index in [1.54, 1.807) is 0 Å². The number of hydrogen-bond donors (Lipinski definition) is 2. The summed E-state index contributed by atoms with van der Waals surface area (Å²) in [5.74, 6) is 0.693. The van der Waals surface area contributed by atoms with Crippen LogP contribution in [0.25, 0.3) is 0 Å². The molecule has 1 aliphatic rings. The van der Waals surface area contributed by atoms with Crippen LogP contribution in [0.3, 0.4) is 0 Å². The third-order valence-electron chi connectivity index (χ3n) is 4.99. The lowest BCUT2D eigenvalue weighted by Crippen LogP contribution is -2.26. The maximum atomic E-state index is 9.10. The van der Waals surface area contributed by atoms with Gasteiger partial charge in [-0.3, -0.25) is 4.68 Å². The molecule has 3 rings (SSSR count). The number of rotatable bonds is 7. The molecule has 2 heterocycles. The molecule has 1 aliphatic heterocycles. The van der Waals surface area contributed by atoms with Crippen molar-refractivity contribution in [2.24, 2.45) is 5.92 Å². The van der Waals surface area contributed by atoms with Gasteiger partial charge in [-0.15, -0.1) is 0 Å². The molecule has 1 aromatic heterocycles. The fraction of sp³-hybridized carbons (Fsp3) is 0.526. The molecule has 1 atom stereocenters. The molecule has 0 saturated carbocycles. The number of aryl methyl sites for hydroxylation is 1. The van der Waals surface area contributed by atoms with Gasteiger partial charge in [0.05, 0.1) is 18.8 Å². The highest BCUT2D eigenvalue weighted by molar-refractivity contribution is 5.46. The van der Waals surface area contributed by atoms with E-state index in [-0.39, 0.29) is 6.61 Å². The van der Waals surface area contributed by atoms with Crippen LogP contribution in [0.2, 0.25) is 0 Å². The average molecular weight is 328 g/mol. The number of benzene rings is 1. The molecule has 0 spiro atoms. The lowest BCUT2D eigenvalue weighted by Gasteiger charge is -2.18. The van der Waals surface area contributed by atoms with E-state index in [4.69, 9.17) is 5.11 Å². The smallest absolute Gasteiger partial charge is 0.0644 e. The number of hydrogen-bond acceptors (Lipinski definition) is 4. The van der Waals surface area contributed by atoms with Crippen LogP contribution in [0.15, 0.2) is 30.3 Å². The summed E-state index contributed by atoms with van der Waals surface area (Å²) in [6.45, 7) is 8.98. The Morgan fingerprint density at radius 3 is 2.79 bits per heavy atom. The number of aliphatic hydroxyl groups excluding tert-OH is 1. The van der Waals surface area contributed by atoms with Crippen LogP contribution in [-0.2, 0) is 13.1 Å². The Bertz CT molecular complexity index is 653. The Labute approximate surface area is 144 Å². The molecule has 2 N–H and O–H groups in total. The summed E-state index contributed by atoms with van der Waals surface area (Å²) in [6.07, 6.45) is 1.24. The van der Waals surface area contributed by atoms with Gasteiger partial charge in [0, 0.05) is 43.1 Å². The lowest BCUT2D eigenvalue weighted by molar-refractivity contribution is 0.267. The SMILES string of the molecule is Cc1nn(CCO)c(C)c1CNCC1CCN(c2ccccc2)C1. The second-order valence-corrected chi connectivity index (χ2v) is 6.66. The first-order valence-corrected chi connectivity index (χ1v) is 8.83. The van der Waals surface area contributed by atoms with Gasteiger partial charge in [0.1, 0.15) is 0 Å². The first-order valence-electron chi connectivity index (χ1n) is 8.83.